The van der Waals surface area contributed by atoms with Gasteiger partial charge in [0.1, 0.15) is 4.99 Å². The van der Waals surface area contributed by atoms with Crippen LogP contribution < -0.4 is 11.1 Å². The summed E-state index contributed by atoms with van der Waals surface area (Å²) in [6.07, 6.45) is 5.18. The highest BCUT2D eigenvalue weighted by molar-refractivity contribution is 7.80. The Labute approximate surface area is 107 Å². The van der Waals surface area contributed by atoms with Gasteiger partial charge in [-0.05, 0) is 31.4 Å². The molecule has 0 aliphatic heterocycles. The van der Waals surface area contributed by atoms with E-state index < -0.39 is 0 Å². The normalized spacial score (nSPS) is 17.2. The molecule has 1 heterocycles. The Kier molecular flexibility index (Phi) is 3.59. The van der Waals surface area contributed by atoms with Crippen molar-refractivity contribution >= 4 is 22.9 Å². The first-order valence-corrected chi connectivity index (χ1v) is 6.11. The van der Waals surface area contributed by atoms with E-state index in [2.05, 4.69) is 10.3 Å². The monoisotopic (exact) mass is 251 g/mol. The van der Waals surface area contributed by atoms with Gasteiger partial charge in [-0.3, -0.25) is 4.98 Å². The van der Waals surface area contributed by atoms with Crippen LogP contribution in [0.5, 0.6) is 0 Å². The minimum Gasteiger partial charge on any atom is -0.388 e. The second kappa shape index (κ2) is 4.98. The van der Waals surface area contributed by atoms with E-state index in [1.165, 1.54) is 6.42 Å². The van der Waals surface area contributed by atoms with E-state index in [9.17, 15) is 0 Å². The zero-order valence-corrected chi connectivity index (χ0v) is 10.7. The van der Waals surface area contributed by atoms with E-state index in [4.69, 9.17) is 22.7 Å². The number of pyridine rings is 1. The molecular formula is C12H17N3OS. The highest BCUT2D eigenvalue weighted by Gasteiger charge is 2.36. The third-order valence-electron chi connectivity index (χ3n) is 3.32. The molecule has 92 valence electrons. The van der Waals surface area contributed by atoms with Crippen molar-refractivity contribution in [1.82, 2.24) is 4.98 Å². The Hall–Kier alpha value is -1.20. The van der Waals surface area contributed by atoms with E-state index >= 15 is 0 Å². The number of hydrogen-bond acceptors (Lipinski definition) is 4. The maximum Gasteiger partial charge on any atom is 0.122 e. The van der Waals surface area contributed by atoms with E-state index in [1.807, 2.05) is 12.1 Å². The Morgan fingerprint density at radius 3 is 2.94 bits per heavy atom. The first kappa shape index (κ1) is 12.3. The molecule has 1 aromatic rings. The van der Waals surface area contributed by atoms with E-state index in [-0.39, 0.29) is 5.60 Å². The summed E-state index contributed by atoms with van der Waals surface area (Å²) >= 11 is 4.90. The fourth-order valence-corrected chi connectivity index (χ4v) is 2.07. The quantitative estimate of drug-likeness (QED) is 0.780. The van der Waals surface area contributed by atoms with Gasteiger partial charge in [0.2, 0.25) is 0 Å². The van der Waals surface area contributed by atoms with Crippen molar-refractivity contribution < 1.29 is 4.74 Å². The number of ether oxygens (including phenoxy) is 1. The number of nitrogens with zero attached hydrogens (tertiary/aromatic N) is 1. The van der Waals surface area contributed by atoms with Gasteiger partial charge in [0.25, 0.3) is 0 Å². The van der Waals surface area contributed by atoms with Crippen LogP contribution in [-0.2, 0) is 4.74 Å². The van der Waals surface area contributed by atoms with Crippen molar-refractivity contribution in [2.75, 3.05) is 19.0 Å². The van der Waals surface area contributed by atoms with Crippen LogP contribution in [0.1, 0.15) is 25.0 Å². The minimum atomic E-state index is 0.00660. The number of nitrogens with two attached hydrogens (primary N) is 1. The van der Waals surface area contributed by atoms with Crippen LogP contribution in [-0.4, -0.2) is 29.2 Å². The van der Waals surface area contributed by atoms with Gasteiger partial charge in [-0.15, -0.1) is 0 Å². The van der Waals surface area contributed by atoms with E-state index in [0.717, 1.165) is 25.1 Å². The van der Waals surface area contributed by atoms with Crippen LogP contribution in [0.15, 0.2) is 18.3 Å². The third-order valence-corrected chi connectivity index (χ3v) is 3.53. The number of rotatable bonds is 5. The molecule has 1 aliphatic carbocycles. The van der Waals surface area contributed by atoms with Crippen molar-refractivity contribution in [3.8, 4) is 0 Å². The van der Waals surface area contributed by atoms with Crippen LogP contribution in [0.4, 0.5) is 5.69 Å². The fraction of sp³-hybridized carbons (Fsp3) is 0.500. The molecule has 1 fully saturated rings. The molecule has 0 aromatic carbocycles. The maximum absolute atomic E-state index is 5.54. The number of methoxy groups -OCH3 is 1. The van der Waals surface area contributed by atoms with Gasteiger partial charge in [-0.1, -0.05) is 12.2 Å². The lowest BCUT2D eigenvalue weighted by Crippen LogP contribution is -2.45. The largest absolute Gasteiger partial charge is 0.388 e. The first-order valence-electron chi connectivity index (χ1n) is 5.70. The predicted octanol–water partition coefficient (Wildman–Crippen LogP) is 1.70. The zero-order valence-electron chi connectivity index (χ0n) is 9.90. The average molecular weight is 251 g/mol. The molecule has 5 heteroatoms. The van der Waals surface area contributed by atoms with Crippen molar-refractivity contribution in [3.63, 3.8) is 0 Å². The molecule has 1 aliphatic rings. The molecule has 1 aromatic heterocycles. The smallest absolute Gasteiger partial charge is 0.122 e. The zero-order chi connectivity index (χ0) is 12.3. The third kappa shape index (κ3) is 2.73. The number of anilines is 1. The van der Waals surface area contributed by atoms with Gasteiger partial charge in [-0.25, -0.2) is 0 Å². The first-order chi connectivity index (χ1) is 8.15. The molecule has 3 N–H and O–H groups in total. The topological polar surface area (TPSA) is 60.2 Å². The molecule has 0 spiro atoms. The summed E-state index contributed by atoms with van der Waals surface area (Å²) in [6, 6.07) is 3.77. The van der Waals surface area contributed by atoms with Gasteiger partial charge in [0.15, 0.2) is 0 Å². The van der Waals surface area contributed by atoms with E-state index in [1.54, 1.807) is 13.3 Å². The summed E-state index contributed by atoms with van der Waals surface area (Å²) in [7, 11) is 1.77. The molecule has 0 radical (unpaired) electrons. The Bertz CT molecular complexity index is 412. The number of thiocarbonyl (C=S) groups is 1. The second-order valence-electron chi connectivity index (χ2n) is 4.39. The molecule has 4 nitrogen and oxygen atoms in total. The number of aromatic nitrogens is 1. The summed E-state index contributed by atoms with van der Waals surface area (Å²) < 4.78 is 5.54. The van der Waals surface area contributed by atoms with Crippen molar-refractivity contribution in [2.24, 2.45) is 5.73 Å². The number of hydrogen-bond donors (Lipinski definition) is 2. The Balaban J connectivity index is 1.99. The van der Waals surface area contributed by atoms with Gasteiger partial charge >= 0.3 is 0 Å². The Morgan fingerprint density at radius 2 is 2.41 bits per heavy atom. The fourth-order valence-electron chi connectivity index (χ4n) is 1.96. The molecule has 1 saturated carbocycles. The summed E-state index contributed by atoms with van der Waals surface area (Å²) in [4.78, 5) is 4.42. The molecule has 0 bridgehead atoms. The summed E-state index contributed by atoms with van der Waals surface area (Å²) in [6.45, 7) is 0.810. The highest BCUT2D eigenvalue weighted by atomic mass is 32.1. The van der Waals surface area contributed by atoms with E-state index in [0.29, 0.717) is 10.7 Å². The number of nitrogens with one attached hydrogen (secondary N) is 1. The van der Waals surface area contributed by atoms with Gasteiger partial charge in [0, 0.05) is 25.5 Å². The molecule has 0 atom stereocenters. The SMILES string of the molecule is COC1(CNc2ccnc(C(N)=S)c2)CCC1. The lowest BCUT2D eigenvalue weighted by molar-refractivity contribution is -0.0601. The lowest BCUT2D eigenvalue weighted by Gasteiger charge is -2.40. The molecule has 0 amide bonds. The second-order valence-corrected chi connectivity index (χ2v) is 4.83. The van der Waals surface area contributed by atoms with Crippen LogP contribution in [0, 0.1) is 0 Å². The average Bonchev–Trinajstić information content (AvgIpc) is 2.28. The van der Waals surface area contributed by atoms with Gasteiger partial charge in [-0.2, -0.15) is 0 Å². The van der Waals surface area contributed by atoms with Crippen molar-refractivity contribution in [2.45, 2.75) is 24.9 Å². The predicted molar refractivity (Wildman–Crippen MR) is 72.2 cm³/mol. The molecular weight excluding hydrogens is 234 g/mol. The standard InChI is InChI=1S/C12H17N3OS/c1-16-12(4-2-5-12)8-15-9-3-6-14-10(7-9)11(13)17/h3,6-7H,2,4-5,8H2,1H3,(H2,13,17)(H,14,15). The molecule has 0 saturated heterocycles. The van der Waals surface area contributed by atoms with Crippen molar-refractivity contribution in [1.29, 1.82) is 0 Å². The summed E-state index contributed by atoms with van der Waals surface area (Å²) in [5.74, 6) is 0. The summed E-state index contributed by atoms with van der Waals surface area (Å²) in [5.41, 5.74) is 7.17. The highest BCUT2D eigenvalue weighted by Crippen LogP contribution is 2.35. The van der Waals surface area contributed by atoms with Crippen LogP contribution in [0.3, 0.4) is 0 Å². The maximum atomic E-state index is 5.54. The van der Waals surface area contributed by atoms with Crippen molar-refractivity contribution in [3.05, 3.63) is 24.0 Å². The summed E-state index contributed by atoms with van der Waals surface area (Å²) in [5, 5.41) is 3.35. The lowest BCUT2D eigenvalue weighted by atomic mass is 9.80. The van der Waals surface area contributed by atoms with Gasteiger partial charge in [0.05, 0.1) is 11.3 Å². The van der Waals surface area contributed by atoms with Crippen LogP contribution in [0.2, 0.25) is 0 Å². The van der Waals surface area contributed by atoms with Crippen LogP contribution >= 0.6 is 12.2 Å². The molecule has 17 heavy (non-hydrogen) atoms. The minimum absolute atomic E-state index is 0.00660. The van der Waals surface area contributed by atoms with Crippen LogP contribution in [0.25, 0.3) is 0 Å². The Morgan fingerprint density at radius 1 is 1.65 bits per heavy atom. The van der Waals surface area contributed by atoms with Gasteiger partial charge < -0.3 is 15.8 Å². The molecule has 2 rings (SSSR count). The molecule has 0 unspecified atom stereocenters.